The minimum atomic E-state index is -0.495. The van der Waals surface area contributed by atoms with Gasteiger partial charge in [0.1, 0.15) is 5.82 Å². The lowest BCUT2D eigenvalue weighted by Gasteiger charge is -2.14. The maximum Gasteiger partial charge on any atom is 0.290 e. The Hall–Kier alpha value is -3.55. The van der Waals surface area contributed by atoms with E-state index in [1.54, 1.807) is 18.2 Å². The lowest BCUT2D eigenvalue weighted by Crippen LogP contribution is -2.22. The highest BCUT2D eigenvalue weighted by Gasteiger charge is 2.14. The summed E-state index contributed by atoms with van der Waals surface area (Å²) in [6.45, 7) is 2.18. The summed E-state index contributed by atoms with van der Waals surface area (Å²) in [4.78, 5) is 27.3. The lowest BCUT2D eigenvalue weighted by atomic mass is 10.2. The van der Waals surface area contributed by atoms with Crippen molar-refractivity contribution < 1.29 is 23.4 Å². The number of fused-ring (bicyclic) bond motifs is 1. The molecular formula is C22H23FN2O5. The maximum atomic E-state index is 12.9. The number of carbonyl (C=O) groups is 1. The molecule has 158 valence electrons. The number of aromatic amines is 1. The molecule has 0 aliphatic rings. The van der Waals surface area contributed by atoms with Crippen LogP contribution >= 0.6 is 0 Å². The van der Waals surface area contributed by atoms with E-state index in [2.05, 4.69) is 17.2 Å². The van der Waals surface area contributed by atoms with E-state index in [4.69, 9.17) is 14.2 Å². The topological polar surface area (TPSA) is 89.7 Å². The predicted molar refractivity (Wildman–Crippen MR) is 112 cm³/mol. The van der Waals surface area contributed by atoms with E-state index in [0.717, 1.165) is 12.8 Å². The van der Waals surface area contributed by atoms with E-state index >= 15 is 0 Å². The average Bonchev–Trinajstić information content (AvgIpc) is 2.74. The van der Waals surface area contributed by atoms with Crippen LogP contribution in [-0.4, -0.2) is 31.2 Å². The van der Waals surface area contributed by atoms with Crippen molar-refractivity contribution in [3.63, 3.8) is 0 Å². The Kier molecular flexibility index (Phi) is 6.90. The van der Waals surface area contributed by atoms with Crippen LogP contribution in [0.3, 0.4) is 0 Å². The van der Waals surface area contributed by atoms with Crippen LogP contribution in [0.1, 0.15) is 19.8 Å². The molecule has 0 unspecified atom stereocenters. The third kappa shape index (κ3) is 5.08. The van der Waals surface area contributed by atoms with Crippen LogP contribution in [0.2, 0.25) is 0 Å². The summed E-state index contributed by atoms with van der Waals surface area (Å²) in [5.41, 5.74) is 0.433. The monoisotopic (exact) mass is 414 g/mol. The Morgan fingerprint density at radius 1 is 1.10 bits per heavy atom. The second-order valence-corrected chi connectivity index (χ2v) is 6.57. The number of pyridine rings is 1. The summed E-state index contributed by atoms with van der Waals surface area (Å²) in [7, 11) is 1.53. The molecule has 0 fully saturated rings. The first kappa shape index (κ1) is 21.2. The average molecular weight is 414 g/mol. The first-order valence-corrected chi connectivity index (χ1v) is 9.57. The van der Waals surface area contributed by atoms with Crippen LogP contribution in [0, 0.1) is 5.82 Å². The minimum Gasteiger partial charge on any atom is -0.493 e. The third-order valence-corrected chi connectivity index (χ3v) is 4.35. The first-order valence-electron chi connectivity index (χ1n) is 9.57. The van der Waals surface area contributed by atoms with Crippen molar-refractivity contribution >= 4 is 22.5 Å². The lowest BCUT2D eigenvalue weighted by molar-refractivity contribution is -0.118. The number of rotatable bonds is 9. The first-order chi connectivity index (χ1) is 14.5. The normalized spacial score (nSPS) is 10.6. The molecule has 0 aliphatic carbocycles. The van der Waals surface area contributed by atoms with E-state index in [0.29, 0.717) is 34.7 Å². The number of H-pyrrole nitrogens is 1. The van der Waals surface area contributed by atoms with Crippen molar-refractivity contribution in [2.24, 2.45) is 0 Å². The standard InChI is InChI=1S/C22H23FN2O5/c1-3-4-11-29-21-17(28-2)10-5-14-12-18(22(27)25-20(14)21)30-13-19(26)24-16-8-6-15(23)7-9-16/h5-10,12H,3-4,11,13H2,1-2H3,(H,24,26)(H,25,27). The highest BCUT2D eigenvalue weighted by atomic mass is 19.1. The highest BCUT2D eigenvalue weighted by molar-refractivity contribution is 5.92. The molecule has 0 spiro atoms. The Balaban J connectivity index is 1.76. The number of halogens is 1. The number of hydrogen-bond acceptors (Lipinski definition) is 5. The molecule has 0 saturated heterocycles. The molecular weight excluding hydrogens is 391 g/mol. The van der Waals surface area contributed by atoms with Gasteiger partial charge in [0.2, 0.25) is 0 Å². The van der Waals surface area contributed by atoms with Crippen molar-refractivity contribution in [1.82, 2.24) is 4.98 Å². The Bertz CT molecular complexity index is 1080. The Morgan fingerprint density at radius 3 is 2.57 bits per heavy atom. The second kappa shape index (κ2) is 9.78. The summed E-state index contributed by atoms with van der Waals surface area (Å²) in [5.74, 6) is 0.102. The quantitative estimate of drug-likeness (QED) is 0.519. The minimum absolute atomic E-state index is 0.00133. The number of methoxy groups -OCH3 is 1. The molecule has 2 aromatic carbocycles. The van der Waals surface area contributed by atoms with Crippen LogP contribution in [0.15, 0.2) is 47.3 Å². The van der Waals surface area contributed by atoms with Gasteiger partial charge in [-0.05, 0) is 48.9 Å². The van der Waals surface area contributed by atoms with Crippen molar-refractivity contribution in [2.75, 3.05) is 25.6 Å². The smallest absolute Gasteiger partial charge is 0.290 e. The van der Waals surface area contributed by atoms with E-state index in [1.165, 1.54) is 31.4 Å². The molecule has 0 atom stereocenters. The number of nitrogens with one attached hydrogen (secondary N) is 2. The van der Waals surface area contributed by atoms with Crippen molar-refractivity contribution in [3.8, 4) is 17.2 Å². The number of anilines is 1. The molecule has 1 amide bonds. The molecule has 0 saturated carbocycles. The van der Waals surface area contributed by atoms with Crippen LogP contribution < -0.4 is 25.1 Å². The molecule has 8 heteroatoms. The van der Waals surface area contributed by atoms with Gasteiger partial charge in [-0.3, -0.25) is 9.59 Å². The molecule has 0 radical (unpaired) electrons. The van der Waals surface area contributed by atoms with Gasteiger partial charge in [0.25, 0.3) is 11.5 Å². The summed E-state index contributed by atoms with van der Waals surface area (Å²) >= 11 is 0. The molecule has 1 aromatic heterocycles. The van der Waals surface area contributed by atoms with E-state index in [1.807, 2.05) is 0 Å². The maximum absolute atomic E-state index is 12.9. The summed E-state index contributed by atoms with van der Waals surface area (Å²) in [6.07, 6.45) is 1.84. The van der Waals surface area contributed by atoms with Crippen LogP contribution in [0.25, 0.3) is 10.9 Å². The van der Waals surface area contributed by atoms with Gasteiger partial charge < -0.3 is 24.5 Å². The predicted octanol–water partition coefficient (Wildman–Crippen LogP) is 3.87. The fourth-order valence-corrected chi connectivity index (χ4v) is 2.81. The molecule has 7 nitrogen and oxygen atoms in total. The van der Waals surface area contributed by atoms with Crippen molar-refractivity contribution in [2.45, 2.75) is 19.8 Å². The second-order valence-electron chi connectivity index (χ2n) is 6.57. The zero-order chi connectivity index (χ0) is 21.5. The van der Waals surface area contributed by atoms with Gasteiger partial charge in [-0.25, -0.2) is 4.39 Å². The summed E-state index contributed by atoms with van der Waals surface area (Å²) < 4.78 is 29.5. The van der Waals surface area contributed by atoms with Gasteiger partial charge in [0.15, 0.2) is 23.9 Å². The molecule has 3 rings (SSSR count). The van der Waals surface area contributed by atoms with Gasteiger partial charge in [-0.1, -0.05) is 13.3 Å². The molecule has 0 aliphatic heterocycles. The molecule has 3 aromatic rings. The number of benzene rings is 2. The molecule has 1 heterocycles. The van der Waals surface area contributed by atoms with E-state index in [-0.39, 0.29) is 12.4 Å². The molecule has 30 heavy (non-hydrogen) atoms. The zero-order valence-corrected chi connectivity index (χ0v) is 16.8. The van der Waals surface area contributed by atoms with Gasteiger partial charge in [0.05, 0.1) is 19.2 Å². The highest BCUT2D eigenvalue weighted by Crippen LogP contribution is 2.34. The zero-order valence-electron chi connectivity index (χ0n) is 16.8. The number of unbranched alkanes of at least 4 members (excludes halogenated alkanes) is 1. The van der Waals surface area contributed by atoms with E-state index < -0.39 is 17.3 Å². The van der Waals surface area contributed by atoms with Gasteiger partial charge in [0, 0.05) is 11.1 Å². The fourth-order valence-electron chi connectivity index (χ4n) is 2.81. The third-order valence-electron chi connectivity index (χ3n) is 4.35. The van der Waals surface area contributed by atoms with Crippen LogP contribution in [-0.2, 0) is 4.79 Å². The van der Waals surface area contributed by atoms with Crippen LogP contribution in [0.4, 0.5) is 10.1 Å². The fraction of sp³-hybridized carbons (Fsp3) is 0.273. The number of ether oxygens (including phenoxy) is 3. The number of aromatic nitrogens is 1. The molecule has 2 N–H and O–H groups in total. The number of carbonyl (C=O) groups excluding carboxylic acids is 1. The van der Waals surface area contributed by atoms with Gasteiger partial charge in [-0.15, -0.1) is 0 Å². The van der Waals surface area contributed by atoms with Crippen molar-refractivity contribution in [1.29, 1.82) is 0 Å². The van der Waals surface area contributed by atoms with Crippen LogP contribution in [0.5, 0.6) is 17.2 Å². The number of amides is 1. The van der Waals surface area contributed by atoms with E-state index in [9.17, 15) is 14.0 Å². The Morgan fingerprint density at radius 2 is 1.87 bits per heavy atom. The van der Waals surface area contributed by atoms with Gasteiger partial charge >= 0.3 is 0 Å². The van der Waals surface area contributed by atoms with Crippen molar-refractivity contribution in [3.05, 3.63) is 58.6 Å². The number of hydrogen-bond donors (Lipinski definition) is 2. The summed E-state index contributed by atoms with van der Waals surface area (Å²) in [6, 6.07) is 10.4. The molecule has 0 bridgehead atoms. The Labute approximate surface area is 172 Å². The largest absolute Gasteiger partial charge is 0.493 e. The summed E-state index contributed by atoms with van der Waals surface area (Å²) in [5, 5.41) is 3.25. The van der Waals surface area contributed by atoms with Gasteiger partial charge in [-0.2, -0.15) is 0 Å². The SMILES string of the molecule is CCCCOc1c(OC)ccc2cc(OCC(=O)Nc3ccc(F)cc3)c(=O)[nH]c12.